The van der Waals surface area contributed by atoms with Gasteiger partial charge in [-0.15, -0.1) is 0 Å². The van der Waals surface area contributed by atoms with Crippen LogP contribution in [-0.2, 0) is 0 Å². The number of aromatic nitrogens is 2. The molecule has 0 aliphatic carbocycles. The van der Waals surface area contributed by atoms with Crippen molar-refractivity contribution in [1.29, 1.82) is 0 Å². The van der Waals surface area contributed by atoms with Gasteiger partial charge in [0.05, 0.1) is 11.0 Å². The monoisotopic (exact) mass is 336 g/mol. The lowest BCUT2D eigenvalue weighted by Crippen LogP contribution is -1.88. The summed E-state index contributed by atoms with van der Waals surface area (Å²) >= 11 is 6.97. The van der Waals surface area contributed by atoms with E-state index in [4.69, 9.17) is 0 Å². The second-order valence-corrected chi connectivity index (χ2v) is 5.15. The van der Waals surface area contributed by atoms with Crippen molar-refractivity contribution in [1.82, 2.24) is 9.97 Å². The zero-order chi connectivity index (χ0) is 11.1. The van der Waals surface area contributed by atoms with Crippen molar-refractivity contribution in [2.45, 2.75) is 0 Å². The number of hydrogen-bond donors (Lipinski definition) is 0. The number of fused-ring (bicyclic) bond motifs is 2. The van der Waals surface area contributed by atoms with Crippen LogP contribution < -0.4 is 0 Å². The molecule has 4 heteroatoms. The number of halogens is 2. The van der Waals surface area contributed by atoms with Crippen LogP contribution >= 0.6 is 31.9 Å². The summed E-state index contributed by atoms with van der Waals surface area (Å²) in [7, 11) is 0. The van der Waals surface area contributed by atoms with E-state index in [0.29, 0.717) is 0 Å². The first-order chi connectivity index (χ1) is 7.75. The van der Waals surface area contributed by atoms with Crippen LogP contribution in [0.2, 0.25) is 0 Å². The maximum Gasteiger partial charge on any atom is 0.104 e. The molecule has 2 aromatic carbocycles. The topological polar surface area (TPSA) is 25.8 Å². The Balaban J connectivity index is 2.54. The molecule has 2 nitrogen and oxygen atoms in total. The van der Waals surface area contributed by atoms with E-state index in [2.05, 4.69) is 41.8 Å². The highest BCUT2D eigenvalue weighted by Gasteiger charge is 2.05. The Morgan fingerprint density at radius 3 is 1.56 bits per heavy atom. The van der Waals surface area contributed by atoms with Crippen LogP contribution in [0.1, 0.15) is 0 Å². The highest BCUT2D eigenvalue weighted by molar-refractivity contribution is 9.11. The fourth-order valence-electron chi connectivity index (χ4n) is 1.65. The number of hydrogen-bond acceptors (Lipinski definition) is 2. The van der Waals surface area contributed by atoms with Gasteiger partial charge in [-0.05, 0) is 56.1 Å². The van der Waals surface area contributed by atoms with Gasteiger partial charge < -0.3 is 0 Å². The molecule has 0 aliphatic heterocycles. The van der Waals surface area contributed by atoms with E-state index in [-0.39, 0.29) is 0 Å². The molecule has 0 bridgehead atoms. The van der Waals surface area contributed by atoms with Gasteiger partial charge in [0.15, 0.2) is 0 Å². The summed E-state index contributed by atoms with van der Waals surface area (Å²) in [6.45, 7) is 0. The summed E-state index contributed by atoms with van der Waals surface area (Å²) in [6.07, 6.45) is 0. The third-order valence-electron chi connectivity index (χ3n) is 2.40. The van der Waals surface area contributed by atoms with Gasteiger partial charge in [-0.25, -0.2) is 9.97 Å². The van der Waals surface area contributed by atoms with Crippen LogP contribution in [0.4, 0.5) is 0 Å². The smallest absolute Gasteiger partial charge is 0.104 e. The van der Waals surface area contributed by atoms with E-state index in [0.717, 1.165) is 31.0 Å². The van der Waals surface area contributed by atoms with E-state index >= 15 is 0 Å². The molecule has 0 radical (unpaired) electrons. The maximum atomic E-state index is 4.60. The lowest BCUT2D eigenvalue weighted by atomic mass is 10.2. The highest BCUT2D eigenvalue weighted by atomic mass is 79.9. The standard InChI is InChI=1S/C12H6Br2N2/c13-7-3-1-5-9-11(7)16-10-6-2-4-8(14)12(10)15-9/h1-6H. The Labute approximate surface area is 109 Å². The largest absolute Gasteiger partial charge is 0.243 e. The highest BCUT2D eigenvalue weighted by Crippen LogP contribution is 2.26. The Kier molecular flexibility index (Phi) is 2.41. The molecular weight excluding hydrogens is 332 g/mol. The zero-order valence-electron chi connectivity index (χ0n) is 8.11. The maximum absolute atomic E-state index is 4.60. The van der Waals surface area contributed by atoms with Gasteiger partial charge in [-0.2, -0.15) is 0 Å². The first kappa shape index (κ1) is 10.2. The number of para-hydroxylation sites is 2. The van der Waals surface area contributed by atoms with Crippen molar-refractivity contribution in [3.05, 3.63) is 45.3 Å². The fourth-order valence-corrected chi connectivity index (χ4v) is 2.54. The van der Waals surface area contributed by atoms with Crippen LogP contribution in [0, 0.1) is 0 Å². The summed E-state index contributed by atoms with van der Waals surface area (Å²) in [5.74, 6) is 0. The number of nitrogens with zero attached hydrogens (tertiary/aromatic N) is 2. The van der Waals surface area contributed by atoms with Crippen molar-refractivity contribution in [3.63, 3.8) is 0 Å². The minimum absolute atomic E-state index is 0.896. The molecule has 0 saturated carbocycles. The van der Waals surface area contributed by atoms with E-state index in [1.807, 2.05) is 36.4 Å². The summed E-state index contributed by atoms with van der Waals surface area (Å²) < 4.78 is 1.94. The molecule has 0 amide bonds. The lowest BCUT2D eigenvalue weighted by molar-refractivity contribution is 1.38. The Morgan fingerprint density at radius 1 is 0.688 bits per heavy atom. The normalized spacial score (nSPS) is 11.1. The molecule has 1 aromatic heterocycles. The van der Waals surface area contributed by atoms with Crippen LogP contribution in [0.25, 0.3) is 22.1 Å². The molecule has 0 atom stereocenters. The van der Waals surface area contributed by atoms with E-state index in [1.165, 1.54) is 0 Å². The molecule has 3 rings (SSSR count). The van der Waals surface area contributed by atoms with Crippen molar-refractivity contribution in [2.24, 2.45) is 0 Å². The Hall–Kier alpha value is -1.00. The van der Waals surface area contributed by atoms with Crippen molar-refractivity contribution in [2.75, 3.05) is 0 Å². The first-order valence-electron chi connectivity index (χ1n) is 4.76. The lowest BCUT2D eigenvalue weighted by Gasteiger charge is -2.03. The van der Waals surface area contributed by atoms with Crippen LogP contribution in [0.15, 0.2) is 45.3 Å². The average Bonchev–Trinajstić information content (AvgIpc) is 2.29. The summed E-state index contributed by atoms with van der Waals surface area (Å²) in [5, 5.41) is 0. The second-order valence-electron chi connectivity index (χ2n) is 3.44. The molecule has 3 aromatic rings. The third kappa shape index (κ3) is 1.53. The van der Waals surface area contributed by atoms with Gasteiger partial charge in [0.25, 0.3) is 0 Å². The van der Waals surface area contributed by atoms with Gasteiger partial charge in [-0.3, -0.25) is 0 Å². The SMILES string of the molecule is Brc1cccc2nc3c(Br)cccc3nc12. The summed E-state index contributed by atoms with van der Waals surface area (Å²) in [6, 6.07) is 11.8. The predicted octanol–water partition coefficient (Wildman–Crippen LogP) is 4.31. The molecule has 0 unspecified atom stereocenters. The van der Waals surface area contributed by atoms with Gasteiger partial charge >= 0.3 is 0 Å². The van der Waals surface area contributed by atoms with Crippen molar-refractivity contribution in [3.8, 4) is 0 Å². The minimum atomic E-state index is 0.896. The molecular formula is C12H6Br2N2. The van der Waals surface area contributed by atoms with Gasteiger partial charge in [0.2, 0.25) is 0 Å². The molecule has 0 fully saturated rings. The van der Waals surface area contributed by atoms with Crippen molar-refractivity contribution < 1.29 is 0 Å². The number of benzene rings is 2. The van der Waals surface area contributed by atoms with Gasteiger partial charge in [-0.1, -0.05) is 12.1 Å². The van der Waals surface area contributed by atoms with Crippen LogP contribution in [-0.4, -0.2) is 9.97 Å². The summed E-state index contributed by atoms with van der Waals surface area (Å²) in [5.41, 5.74) is 3.59. The van der Waals surface area contributed by atoms with Gasteiger partial charge in [0.1, 0.15) is 11.0 Å². The van der Waals surface area contributed by atoms with Gasteiger partial charge in [0, 0.05) is 8.95 Å². The minimum Gasteiger partial charge on any atom is -0.243 e. The Morgan fingerprint density at radius 2 is 1.12 bits per heavy atom. The second kappa shape index (κ2) is 3.79. The third-order valence-corrected chi connectivity index (χ3v) is 3.68. The Bertz CT molecular complexity index is 633. The molecule has 16 heavy (non-hydrogen) atoms. The molecule has 0 N–H and O–H groups in total. The first-order valence-corrected chi connectivity index (χ1v) is 6.35. The average molecular weight is 338 g/mol. The molecule has 78 valence electrons. The van der Waals surface area contributed by atoms with Crippen LogP contribution in [0.3, 0.4) is 0 Å². The number of rotatable bonds is 0. The quantitative estimate of drug-likeness (QED) is 0.571. The van der Waals surface area contributed by atoms with E-state index < -0.39 is 0 Å². The predicted molar refractivity (Wildman–Crippen MR) is 72.4 cm³/mol. The van der Waals surface area contributed by atoms with E-state index in [1.54, 1.807) is 0 Å². The molecule has 1 heterocycles. The molecule has 0 spiro atoms. The van der Waals surface area contributed by atoms with E-state index in [9.17, 15) is 0 Å². The fraction of sp³-hybridized carbons (Fsp3) is 0. The van der Waals surface area contributed by atoms with Crippen molar-refractivity contribution >= 4 is 53.9 Å². The zero-order valence-corrected chi connectivity index (χ0v) is 11.3. The molecule has 0 saturated heterocycles. The van der Waals surface area contributed by atoms with Crippen LogP contribution in [0.5, 0.6) is 0 Å². The summed E-state index contributed by atoms with van der Waals surface area (Å²) in [4.78, 5) is 9.20. The molecule has 0 aliphatic rings.